The van der Waals surface area contributed by atoms with Crippen molar-refractivity contribution in [3.8, 4) is 23.0 Å². The van der Waals surface area contributed by atoms with E-state index in [9.17, 15) is 5.11 Å². The summed E-state index contributed by atoms with van der Waals surface area (Å²) in [6.45, 7) is 0.786. The number of halogens is 2. The van der Waals surface area contributed by atoms with E-state index in [4.69, 9.17) is 46.9 Å². The van der Waals surface area contributed by atoms with Crippen molar-refractivity contribution in [3.05, 3.63) is 76.0 Å². The van der Waals surface area contributed by atoms with Gasteiger partial charge in [0.1, 0.15) is 18.2 Å². The predicted molar refractivity (Wildman–Crippen MR) is 142 cm³/mol. The quantitative estimate of drug-likeness (QED) is 0.250. The van der Waals surface area contributed by atoms with Crippen LogP contribution >= 0.6 is 23.2 Å². The molecule has 10 heteroatoms. The van der Waals surface area contributed by atoms with Crippen LogP contribution in [0.5, 0.6) is 23.0 Å². The number of nitrogens with zero attached hydrogens (tertiary/aromatic N) is 2. The number of para-hydroxylation sites is 2. The molecule has 4 aromatic rings. The van der Waals surface area contributed by atoms with E-state index in [2.05, 4.69) is 4.98 Å². The van der Waals surface area contributed by atoms with Gasteiger partial charge in [-0.1, -0.05) is 35.3 Å². The average Bonchev–Trinajstić information content (AvgIpc) is 3.24. The fourth-order valence-corrected chi connectivity index (χ4v) is 4.43. The number of hydrogen-bond acceptors (Lipinski definition) is 7. The molecular weight excluding hydrogens is 519 g/mol. The van der Waals surface area contributed by atoms with Crippen LogP contribution in [0.3, 0.4) is 0 Å². The summed E-state index contributed by atoms with van der Waals surface area (Å²) in [5.74, 6) is 2.73. The first kappa shape index (κ1) is 26.9. The van der Waals surface area contributed by atoms with E-state index in [1.807, 2.05) is 41.0 Å². The highest BCUT2D eigenvalue weighted by molar-refractivity contribution is 6.35. The van der Waals surface area contributed by atoms with E-state index in [1.165, 1.54) is 0 Å². The van der Waals surface area contributed by atoms with Gasteiger partial charge < -0.3 is 33.4 Å². The third kappa shape index (κ3) is 6.40. The van der Waals surface area contributed by atoms with Crippen LogP contribution < -0.4 is 18.9 Å². The maximum atomic E-state index is 10.8. The molecule has 0 saturated carbocycles. The van der Waals surface area contributed by atoms with Gasteiger partial charge in [-0.3, -0.25) is 0 Å². The Balaban J connectivity index is 1.44. The monoisotopic (exact) mass is 546 g/mol. The summed E-state index contributed by atoms with van der Waals surface area (Å²) in [4.78, 5) is 4.69. The van der Waals surface area contributed by atoms with Gasteiger partial charge in [0.15, 0.2) is 11.5 Å². The smallest absolute Gasteiger partial charge is 0.203 e. The van der Waals surface area contributed by atoms with Gasteiger partial charge in [-0.2, -0.15) is 0 Å². The van der Waals surface area contributed by atoms with Crippen LogP contribution in [0.15, 0.2) is 54.6 Å². The lowest BCUT2D eigenvalue weighted by molar-refractivity contribution is 0.0201. The van der Waals surface area contributed by atoms with Gasteiger partial charge in [0.25, 0.3) is 0 Å². The first-order valence-corrected chi connectivity index (χ1v) is 12.3. The molecule has 1 aromatic heterocycles. The van der Waals surface area contributed by atoms with Crippen molar-refractivity contribution in [1.82, 2.24) is 9.55 Å². The summed E-state index contributed by atoms with van der Waals surface area (Å²) in [7, 11) is 4.67. The SMILES string of the molecule is COc1cc(COCC(O)Cn2c(COc3ccc(Cl)cc3Cl)nc3ccccc32)cc(OC)c1OC. The number of rotatable bonds is 12. The second kappa shape index (κ2) is 12.4. The summed E-state index contributed by atoms with van der Waals surface area (Å²) >= 11 is 12.2. The fraction of sp³-hybridized carbons (Fsp3) is 0.296. The third-order valence-corrected chi connectivity index (χ3v) is 6.21. The van der Waals surface area contributed by atoms with E-state index in [1.54, 1.807) is 39.5 Å². The third-order valence-electron chi connectivity index (χ3n) is 5.68. The molecule has 0 spiro atoms. The lowest BCUT2D eigenvalue weighted by Crippen LogP contribution is -2.23. The molecule has 4 rings (SSSR count). The topological polar surface area (TPSA) is 84.2 Å². The van der Waals surface area contributed by atoms with E-state index in [0.717, 1.165) is 16.6 Å². The molecule has 1 heterocycles. The van der Waals surface area contributed by atoms with Crippen molar-refractivity contribution in [2.75, 3.05) is 27.9 Å². The predicted octanol–water partition coefficient (Wildman–Crippen LogP) is 5.53. The van der Waals surface area contributed by atoms with Gasteiger partial charge in [-0.25, -0.2) is 4.98 Å². The zero-order valence-electron chi connectivity index (χ0n) is 20.7. The number of aliphatic hydroxyl groups is 1. The van der Waals surface area contributed by atoms with Crippen molar-refractivity contribution < 1.29 is 28.8 Å². The molecule has 0 amide bonds. The Hall–Kier alpha value is -3.17. The molecule has 0 bridgehead atoms. The molecule has 1 unspecified atom stereocenters. The lowest BCUT2D eigenvalue weighted by Gasteiger charge is -2.17. The number of imidazole rings is 1. The maximum Gasteiger partial charge on any atom is 0.203 e. The minimum atomic E-state index is -0.794. The molecule has 0 fully saturated rings. The fourth-order valence-electron chi connectivity index (χ4n) is 3.97. The van der Waals surface area contributed by atoms with E-state index in [0.29, 0.717) is 38.9 Å². The Labute approximate surface area is 225 Å². The largest absolute Gasteiger partial charge is 0.493 e. The van der Waals surface area contributed by atoms with Crippen molar-refractivity contribution in [2.45, 2.75) is 25.9 Å². The molecule has 1 N–H and O–H groups in total. The summed E-state index contributed by atoms with van der Waals surface area (Å²) in [6, 6.07) is 16.4. The summed E-state index contributed by atoms with van der Waals surface area (Å²) in [6.07, 6.45) is -0.794. The van der Waals surface area contributed by atoms with E-state index < -0.39 is 6.10 Å². The zero-order valence-corrected chi connectivity index (χ0v) is 22.3. The molecule has 0 aliphatic heterocycles. The Morgan fingerprint density at radius 1 is 0.892 bits per heavy atom. The zero-order chi connectivity index (χ0) is 26.4. The Morgan fingerprint density at radius 2 is 1.62 bits per heavy atom. The number of methoxy groups -OCH3 is 3. The Kier molecular flexibility index (Phi) is 9.00. The number of aliphatic hydroxyl groups excluding tert-OH is 1. The summed E-state index contributed by atoms with van der Waals surface area (Å²) in [5, 5.41) is 11.7. The molecule has 0 aliphatic rings. The van der Waals surface area contributed by atoms with Crippen LogP contribution in [-0.2, 0) is 24.5 Å². The van der Waals surface area contributed by atoms with Gasteiger partial charge in [0.2, 0.25) is 5.75 Å². The molecule has 0 radical (unpaired) electrons. The van der Waals surface area contributed by atoms with Gasteiger partial charge in [-0.15, -0.1) is 0 Å². The minimum Gasteiger partial charge on any atom is -0.493 e. The highest BCUT2D eigenvalue weighted by Crippen LogP contribution is 2.38. The van der Waals surface area contributed by atoms with Crippen LogP contribution in [0.4, 0.5) is 0 Å². The number of fused-ring (bicyclic) bond motifs is 1. The van der Waals surface area contributed by atoms with Gasteiger partial charge >= 0.3 is 0 Å². The van der Waals surface area contributed by atoms with Crippen molar-refractivity contribution in [3.63, 3.8) is 0 Å². The standard InChI is InChI=1S/C27H28Cl2N2O6/c1-33-24-10-17(11-25(34-2)27(24)35-3)14-36-15-19(32)13-31-22-7-5-4-6-21(22)30-26(31)16-37-23-9-8-18(28)12-20(23)29/h4-12,19,32H,13-16H2,1-3H3. The van der Waals surface area contributed by atoms with Crippen molar-refractivity contribution in [2.24, 2.45) is 0 Å². The molecule has 0 aliphatic carbocycles. The van der Waals surface area contributed by atoms with Crippen LogP contribution in [0.25, 0.3) is 11.0 Å². The van der Waals surface area contributed by atoms with Gasteiger partial charge in [0, 0.05) is 5.02 Å². The summed E-state index contributed by atoms with van der Waals surface area (Å²) in [5.41, 5.74) is 2.50. The highest BCUT2D eigenvalue weighted by atomic mass is 35.5. The van der Waals surface area contributed by atoms with Gasteiger partial charge in [0.05, 0.1) is 63.2 Å². The van der Waals surface area contributed by atoms with Crippen LogP contribution in [-0.4, -0.2) is 48.7 Å². The number of ether oxygens (including phenoxy) is 5. The second-order valence-electron chi connectivity index (χ2n) is 8.19. The van der Waals surface area contributed by atoms with E-state index >= 15 is 0 Å². The summed E-state index contributed by atoms with van der Waals surface area (Å²) < 4.78 is 29.8. The van der Waals surface area contributed by atoms with Crippen molar-refractivity contribution >= 4 is 34.2 Å². The molecule has 8 nitrogen and oxygen atoms in total. The Morgan fingerprint density at radius 3 is 2.30 bits per heavy atom. The first-order valence-electron chi connectivity index (χ1n) is 11.5. The minimum absolute atomic E-state index is 0.104. The van der Waals surface area contributed by atoms with Gasteiger partial charge in [-0.05, 0) is 48.0 Å². The van der Waals surface area contributed by atoms with Crippen LogP contribution in [0.1, 0.15) is 11.4 Å². The van der Waals surface area contributed by atoms with Crippen LogP contribution in [0.2, 0.25) is 10.0 Å². The Bertz CT molecular complexity index is 1340. The highest BCUT2D eigenvalue weighted by Gasteiger charge is 2.17. The van der Waals surface area contributed by atoms with E-state index in [-0.39, 0.29) is 26.4 Å². The molecule has 196 valence electrons. The first-order chi connectivity index (χ1) is 17.9. The number of aromatic nitrogens is 2. The molecule has 1 atom stereocenters. The number of hydrogen-bond donors (Lipinski definition) is 1. The van der Waals surface area contributed by atoms with Crippen molar-refractivity contribution in [1.29, 1.82) is 0 Å². The molecular formula is C27H28Cl2N2O6. The number of benzene rings is 3. The molecule has 3 aromatic carbocycles. The average molecular weight is 547 g/mol. The lowest BCUT2D eigenvalue weighted by atomic mass is 10.2. The normalized spacial score (nSPS) is 11.9. The molecule has 0 saturated heterocycles. The second-order valence-corrected chi connectivity index (χ2v) is 9.04. The molecule has 37 heavy (non-hydrogen) atoms. The van der Waals surface area contributed by atoms with Crippen LogP contribution in [0, 0.1) is 0 Å². The maximum absolute atomic E-state index is 10.8.